The van der Waals surface area contributed by atoms with Crippen molar-refractivity contribution in [1.82, 2.24) is 114 Å². The fourth-order valence-corrected chi connectivity index (χ4v) is 22.1. The van der Waals surface area contributed by atoms with E-state index in [1.54, 1.807) is 40.8 Å². The molecule has 36 nitrogen and oxygen atoms in total. The van der Waals surface area contributed by atoms with Crippen LogP contribution < -0.4 is 37.2 Å². The highest BCUT2D eigenvalue weighted by atomic mass is 35.5. The van der Waals surface area contributed by atoms with Crippen LogP contribution in [0.1, 0.15) is 224 Å². The molecular formula is C106H137Cl4F3N30O6S. The first-order chi connectivity index (χ1) is 72.1. The zero-order valence-electron chi connectivity index (χ0n) is 87.3. The zero-order valence-corrected chi connectivity index (χ0v) is 91.1. The molecule has 6 saturated heterocycles. The van der Waals surface area contributed by atoms with Gasteiger partial charge in [0.25, 0.3) is 0 Å². The van der Waals surface area contributed by atoms with Crippen LogP contribution in [0, 0.1) is 79.8 Å². The Morgan fingerprint density at radius 2 is 0.820 bits per heavy atom. The number of likely N-dealkylation sites (tertiary alicyclic amines) is 4. The summed E-state index contributed by atoms with van der Waals surface area (Å²) in [6.45, 7) is 31.8. The average molecular weight is 2160 g/mol. The van der Waals surface area contributed by atoms with Crippen molar-refractivity contribution in [1.29, 1.82) is 0 Å². The Morgan fingerprint density at radius 1 is 0.420 bits per heavy atom. The van der Waals surface area contributed by atoms with Crippen LogP contribution in [0.5, 0.6) is 0 Å². The van der Waals surface area contributed by atoms with Crippen molar-refractivity contribution >= 4 is 156 Å². The maximum atomic E-state index is 15.3. The number of likely N-dealkylation sites (N-methyl/N-ethyl adjacent to an activating group) is 1. The zero-order chi connectivity index (χ0) is 106. The lowest BCUT2D eigenvalue weighted by molar-refractivity contribution is -0.136. The molecule has 6 fully saturated rings. The van der Waals surface area contributed by atoms with Crippen molar-refractivity contribution in [3.05, 3.63) is 219 Å². The van der Waals surface area contributed by atoms with Crippen molar-refractivity contribution in [2.45, 2.75) is 209 Å². The summed E-state index contributed by atoms with van der Waals surface area (Å²) in [6.07, 6.45) is 21.5. The van der Waals surface area contributed by atoms with E-state index in [9.17, 15) is 22.8 Å². The van der Waals surface area contributed by atoms with Gasteiger partial charge in [-0.3, -0.25) is 34.8 Å². The third-order valence-corrected chi connectivity index (χ3v) is 31.0. The first-order valence-electron chi connectivity index (χ1n) is 51.6. The molecule has 0 aliphatic carbocycles. The number of amides is 3. The van der Waals surface area contributed by atoms with Crippen LogP contribution in [-0.4, -0.2) is 265 Å². The number of anilines is 14. The average Bonchev–Trinajstić information content (AvgIpc) is 0.968. The van der Waals surface area contributed by atoms with Gasteiger partial charge in [0.05, 0.1) is 67.7 Å². The van der Waals surface area contributed by atoms with Crippen molar-refractivity contribution in [3.63, 3.8) is 0 Å². The SMILES string of the molecule is CCCC(=O)N1CCC(c2cc(F)c(Nc3ncc(Cl)c(Nc4cc(C)[nH]n4)n3)cc2C)CC1.Cc1cc(Nc2nc(Cc3cc(C)c(C4CCN(CCCC(=O)N5CCOCC5)CC4)cc3F)ncc2Cl)n[nH]1.Cc1cc(Nc2nc(Nc3cc(C)c(C4CCCCN4C(=O)CN(C)C)cc3C)ncc2Cl)n[nH]1.Cc1cc(Nc2nc(Nc3cc(C)c(C4CCN(CCCS(=O)(=O)N5CCCCC5)CC4)cc3F)ncc2Cl)n[nH]1. The topological polar surface area (TPSA) is 419 Å². The van der Waals surface area contributed by atoms with Crippen LogP contribution in [0.15, 0.2) is 97.6 Å². The van der Waals surface area contributed by atoms with Crippen molar-refractivity contribution in [2.75, 3.05) is 162 Å². The van der Waals surface area contributed by atoms with Crippen LogP contribution in [-0.2, 0) is 35.6 Å². The number of aromatic amines is 4. The van der Waals surface area contributed by atoms with E-state index in [0.717, 1.165) is 209 Å². The second-order valence-corrected chi connectivity index (χ2v) is 43.6. The number of aromatic nitrogens is 16. The number of carbonyl (C=O) groups excluding carboxylic acids is 3. The second kappa shape index (κ2) is 52.7. The molecule has 44 heteroatoms. The van der Waals surface area contributed by atoms with Gasteiger partial charge in [0.1, 0.15) is 43.4 Å². The predicted molar refractivity (Wildman–Crippen MR) is 584 cm³/mol. The number of halogens is 7. The lowest BCUT2D eigenvalue weighted by Crippen LogP contribution is -2.43. The Kier molecular flexibility index (Phi) is 39.3. The molecule has 14 heterocycles. The molecule has 802 valence electrons. The molecule has 6 aliphatic rings. The molecule has 8 aromatic heterocycles. The summed E-state index contributed by atoms with van der Waals surface area (Å²) in [6, 6.07) is 22.2. The summed E-state index contributed by atoms with van der Waals surface area (Å²) in [5.41, 5.74) is 15.2. The molecule has 4 aromatic carbocycles. The highest BCUT2D eigenvalue weighted by molar-refractivity contribution is 7.89. The van der Waals surface area contributed by atoms with Crippen molar-refractivity contribution in [3.8, 4) is 0 Å². The molecule has 6 aliphatic heterocycles. The Balaban J connectivity index is 0.000000150. The van der Waals surface area contributed by atoms with Gasteiger partial charge in [-0.15, -0.1) is 0 Å². The normalized spacial score (nSPS) is 16.3. The molecule has 150 heavy (non-hydrogen) atoms. The molecule has 18 rings (SSSR count). The minimum absolute atomic E-state index is 0.101. The minimum Gasteiger partial charge on any atom is -0.378 e. The monoisotopic (exact) mass is 2150 g/mol. The predicted octanol–water partition coefficient (Wildman–Crippen LogP) is 20.7. The third kappa shape index (κ3) is 30.8. The van der Waals surface area contributed by atoms with E-state index in [0.29, 0.717) is 180 Å². The molecule has 0 saturated carbocycles. The second-order valence-electron chi connectivity index (χ2n) is 39.9. The van der Waals surface area contributed by atoms with Gasteiger partial charge in [0.15, 0.2) is 46.5 Å². The van der Waals surface area contributed by atoms with Gasteiger partial charge in [0.2, 0.25) is 45.6 Å². The highest BCUT2D eigenvalue weighted by Gasteiger charge is 2.34. The molecule has 11 N–H and O–H groups in total. The van der Waals surface area contributed by atoms with Gasteiger partial charge < -0.3 is 71.4 Å². The number of nitrogens with one attached hydrogen (secondary N) is 11. The van der Waals surface area contributed by atoms with E-state index in [1.807, 2.05) is 108 Å². The number of sulfonamides is 1. The maximum absolute atomic E-state index is 15.3. The molecular weight excluding hydrogens is 2020 g/mol. The Morgan fingerprint density at radius 3 is 1.27 bits per heavy atom. The first kappa shape index (κ1) is 112. The van der Waals surface area contributed by atoms with E-state index < -0.39 is 10.0 Å². The van der Waals surface area contributed by atoms with Crippen molar-refractivity contribution in [2.24, 2.45) is 0 Å². The molecule has 0 spiro atoms. The number of aryl methyl sites for hydroxylation is 9. The smallest absolute Gasteiger partial charge is 0.237 e. The summed E-state index contributed by atoms with van der Waals surface area (Å²) in [4.78, 5) is 84.9. The largest absolute Gasteiger partial charge is 0.378 e. The molecule has 1 atom stereocenters. The minimum atomic E-state index is -3.16. The summed E-state index contributed by atoms with van der Waals surface area (Å²) < 4.78 is 77.9. The lowest BCUT2D eigenvalue weighted by Gasteiger charge is -2.37. The third-order valence-electron chi connectivity index (χ3n) is 27.9. The number of nitrogens with zero attached hydrogens (tertiary/aromatic N) is 19. The molecule has 3 amide bonds. The summed E-state index contributed by atoms with van der Waals surface area (Å²) >= 11 is 25.0. The number of morpholine rings is 1. The van der Waals surface area contributed by atoms with Gasteiger partial charge in [-0.1, -0.05) is 71.9 Å². The fourth-order valence-electron chi connectivity index (χ4n) is 20.0. The molecule has 0 radical (unpaired) electrons. The van der Waals surface area contributed by atoms with E-state index in [1.165, 1.54) is 24.2 Å². The number of rotatable bonds is 33. The van der Waals surface area contributed by atoms with Gasteiger partial charge in [-0.05, 0) is 315 Å². The molecule has 12 aromatic rings. The summed E-state index contributed by atoms with van der Waals surface area (Å²) in [5.74, 6) is 6.00. The highest BCUT2D eigenvalue weighted by Crippen LogP contribution is 2.42. The summed E-state index contributed by atoms with van der Waals surface area (Å²) in [7, 11) is 0.709. The van der Waals surface area contributed by atoms with Crippen LogP contribution in [0.2, 0.25) is 20.1 Å². The van der Waals surface area contributed by atoms with E-state index in [4.69, 9.17) is 51.1 Å². The Hall–Kier alpha value is -12.3. The van der Waals surface area contributed by atoms with E-state index in [-0.39, 0.29) is 77.1 Å². The molecule has 1 unspecified atom stereocenters. The lowest BCUT2D eigenvalue weighted by atomic mass is 9.85. The van der Waals surface area contributed by atoms with Gasteiger partial charge in [-0.2, -0.15) is 35.3 Å². The standard InChI is InChI=1S/C29H37ClFN7O2.C28H38ClFN8O2S.C25H33ClN8O.C24H29ClFN7O/c1-19-14-22(16-26-32-18-24(30)29(33-26)34-27-15-20(2)35-36-27)25(31)17-23(19)21-5-8-37(9-6-21)7-3-4-28(39)38-10-12-40-13-11-38;1-19-15-25(32-28-31-18-23(29)27(34-28)33-26-16-20(2)35-36-26)24(30)17-22(19)21-7-12-37(13-8-21)9-6-14-41(39,40)38-10-4-3-5-11-38;1-15-11-20(28-25-27-13-19(26)24(30-25)29-22-12-17(3)31-32-22)16(2)10-18(15)21-8-6-7-9-34(21)23(35)14-33(4)5;1-4-5-22(34)33-8-6-16(7-9-33)17-12-19(26)20(10-14(17)2)28-24-27-13-18(25)23(30-24)29-21-11-15(3)31-32-21/h14-15,17-18,21H,3-13,16H2,1-2H3,(H2,32,33,34,35,36);15-18,21H,3-14H2,1-2H3,(H3,31,32,33,34,35,36);10-13,21H,6-9,14H2,1-5H3,(H3,27,28,29,30,31,32);10-13,16H,4-9H2,1-3H3,(H3,27,28,29,30,31,32). The number of hydrogen-bond donors (Lipinski definition) is 11. The Bertz CT molecular complexity index is 6740. The quantitative estimate of drug-likeness (QED) is 0.0182. The fraction of sp³-hybridized carbons (Fsp3) is 0.481. The number of piperidine rings is 5. The number of hydrogen-bond acceptors (Lipinski definition) is 28. The van der Waals surface area contributed by atoms with Crippen LogP contribution in [0.4, 0.5) is 94.6 Å². The number of benzene rings is 4. The van der Waals surface area contributed by atoms with Crippen LogP contribution >= 0.6 is 46.4 Å². The van der Waals surface area contributed by atoms with Crippen LogP contribution in [0.3, 0.4) is 0 Å². The first-order valence-corrected chi connectivity index (χ1v) is 54.8. The van der Waals surface area contributed by atoms with E-state index in [2.05, 4.69) is 165 Å². The maximum Gasteiger partial charge on any atom is 0.237 e. The summed E-state index contributed by atoms with van der Waals surface area (Å²) in [5, 5.41) is 51.0. The van der Waals surface area contributed by atoms with Crippen molar-refractivity contribution < 1.29 is 40.7 Å². The number of H-pyrrole nitrogens is 4. The van der Waals surface area contributed by atoms with Gasteiger partial charge >= 0.3 is 0 Å². The van der Waals surface area contributed by atoms with E-state index >= 15 is 13.2 Å². The van der Waals surface area contributed by atoms with Gasteiger partial charge in [0, 0.05) is 118 Å². The van der Waals surface area contributed by atoms with Crippen LogP contribution in [0.25, 0.3) is 0 Å². The molecule has 0 bridgehead atoms. The number of carbonyl (C=O) groups is 3. The Labute approximate surface area is 894 Å². The number of ether oxygens (including phenoxy) is 1. The van der Waals surface area contributed by atoms with Gasteiger partial charge in [-0.25, -0.2) is 50.8 Å².